The fourth-order valence-electron chi connectivity index (χ4n) is 2.56. The predicted molar refractivity (Wildman–Crippen MR) is 80.7 cm³/mol. The fourth-order valence-corrected chi connectivity index (χ4v) is 2.56. The Labute approximate surface area is 125 Å². The summed E-state index contributed by atoms with van der Waals surface area (Å²) in [5.74, 6) is -0.368. The molecule has 1 aliphatic carbocycles. The third-order valence-electron chi connectivity index (χ3n) is 4.04. The Hall–Kier alpha value is -2.10. The summed E-state index contributed by atoms with van der Waals surface area (Å²) in [5, 5.41) is 2.90. The number of carbonyl (C=O) groups is 2. The molecule has 0 aliphatic heterocycles. The van der Waals surface area contributed by atoms with Crippen LogP contribution in [0.2, 0.25) is 0 Å². The summed E-state index contributed by atoms with van der Waals surface area (Å²) in [4.78, 5) is 24.3. The van der Waals surface area contributed by atoms with Crippen molar-refractivity contribution < 1.29 is 14.3 Å². The third kappa shape index (κ3) is 3.32. The molecule has 0 heterocycles. The van der Waals surface area contributed by atoms with Crippen LogP contribution in [0.3, 0.4) is 0 Å². The Bertz CT molecular complexity index is 530. The first-order valence-electron chi connectivity index (χ1n) is 7.14. The highest BCUT2D eigenvalue weighted by molar-refractivity contribution is 5.85. The molecular weight excluding hydrogens is 266 g/mol. The van der Waals surface area contributed by atoms with Gasteiger partial charge in [0.15, 0.2) is 0 Å². The van der Waals surface area contributed by atoms with Crippen molar-refractivity contribution in [2.75, 3.05) is 13.7 Å². The average molecular weight is 287 g/mol. The van der Waals surface area contributed by atoms with Gasteiger partial charge in [-0.15, -0.1) is 0 Å². The molecule has 2 rings (SSSR count). The number of hydrogen-bond donors (Lipinski definition) is 1. The number of allylic oxidation sites excluding steroid dienone is 2. The lowest BCUT2D eigenvalue weighted by Crippen LogP contribution is -2.46. The number of benzene rings is 1. The van der Waals surface area contributed by atoms with E-state index in [1.807, 2.05) is 42.5 Å². The van der Waals surface area contributed by atoms with Gasteiger partial charge in [0.2, 0.25) is 5.91 Å². The highest BCUT2D eigenvalue weighted by Gasteiger charge is 2.37. The van der Waals surface area contributed by atoms with Gasteiger partial charge in [-0.1, -0.05) is 42.5 Å². The minimum Gasteiger partial charge on any atom is -0.468 e. The quantitative estimate of drug-likeness (QED) is 0.667. The first-order chi connectivity index (χ1) is 10.1. The second-order valence-corrected chi connectivity index (χ2v) is 5.55. The zero-order chi connectivity index (χ0) is 15.3. The van der Waals surface area contributed by atoms with Crippen molar-refractivity contribution >= 4 is 11.9 Å². The summed E-state index contributed by atoms with van der Waals surface area (Å²) in [5.41, 5.74) is -0.0424. The van der Waals surface area contributed by atoms with Gasteiger partial charge >= 0.3 is 5.97 Å². The SMILES string of the molecule is COC(=O)[C@](C)(CNC(=O)C1CC=CC1)c1ccccc1. The van der Waals surface area contributed by atoms with Gasteiger partial charge in [-0.2, -0.15) is 0 Å². The second kappa shape index (κ2) is 6.57. The molecule has 0 bridgehead atoms. The first-order valence-corrected chi connectivity index (χ1v) is 7.14. The molecular formula is C17H21NO3. The van der Waals surface area contributed by atoms with Crippen LogP contribution in [0.25, 0.3) is 0 Å². The number of nitrogens with one attached hydrogen (secondary N) is 1. The first kappa shape index (κ1) is 15.3. The van der Waals surface area contributed by atoms with Crippen LogP contribution >= 0.6 is 0 Å². The molecule has 0 spiro atoms. The fraction of sp³-hybridized carbons (Fsp3) is 0.412. The van der Waals surface area contributed by atoms with Crippen molar-refractivity contribution in [2.24, 2.45) is 5.92 Å². The van der Waals surface area contributed by atoms with Crippen LogP contribution in [-0.4, -0.2) is 25.5 Å². The van der Waals surface area contributed by atoms with E-state index in [0.29, 0.717) is 0 Å². The monoisotopic (exact) mass is 287 g/mol. The molecule has 0 unspecified atom stereocenters. The smallest absolute Gasteiger partial charge is 0.317 e. The van der Waals surface area contributed by atoms with Gasteiger partial charge in [0.25, 0.3) is 0 Å². The standard InChI is InChI=1S/C17H21NO3/c1-17(16(20)21-2,14-10-4-3-5-11-14)12-18-15(19)13-8-6-7-9-13/h3-7,10-11,13H,8-9,12H2,1-2H3,(H,18,19)/t17-/m1/s1. The van der Waals surface area contributed by atoms with Crippen LogP contribution in [-0.2, 0) is 19.7 Å². The van der Waals surface area contributed by atoms with Crippen molar-refractivity contribution in [1.29, 1.82) is 0 Å². The molecule has 4 heteroatoms. The van der Waals surface area contributed by atoms with Crippen LogP contribution in [0.5, 0.6) is 0 Å². The summed E-state index contributed by atoms with van der Waals surface area (Å²) < 4.78 is 4.92. The van der Waals surface area contributed by atoms with E-state index in [9.17, 15) is 9.59 Å². The summed E-state index contributed by atoms with van der Waals surface area (Å²) in [6, 6.07) is 9.39. The number of carbonyl (C=O) groups excluding carboxylic acids is 2. The molecule has 1 atom stereocenters. The molecule has 112 valence electrons. The van der Waals surface area contributed by atoms with Crippen molar-refractivity contribution in [2.45, 2.75) is 25.2 Å². The summed E-state index contributed by atoms with van der Waals surface area (Å²) in [6.07, 6.45) is 5.57. The Morgan fingerprint density at radius 3 is 2.43 bits per heavy atom. The Morgan fingerprint density at radius 2 is 1.86 bits per heavy atom. The van der Waals surface area contributed by atoms with Gasteiger partial charge in [0.05, 0.1) is 7.11 Å². The molecule has 0 aromatic heterocycles. The molecule has 0 saturated carbocycles. The zero-order valence-electron chi connectivity index (χ0n) is 12.5. The summed E-state index contributed by atoms with van der Waals surface area (Å²) in [6.45, 7) is 2.03. The number of ether oxygens (including phenoxy) is 1. The van der Waals surface area contributed by atoms with Gasteiger partial charge in [0, 0.05) is 12.5 Å². The molecule has 1 aliphatic rings. The van der Waals surface area contributed by atoms with E-state index in [-0.39, 0.29) is 24.3 Å². The molecule has 1 aromatic carbocycles. The van der Waals surface area contributed by atoms with Crippen molar-refractivity contribution in [3.63, 3.8) is 0 Å². The molecule has 1 aromatic rings. The van der Waals surface area contributed by atoms with Crippen LogP contribution in [0.4, 0.5) is 0 Å². The van der Waals surface area contributed by atoms with Gasteiger partial charge in [-0.05, 0) is 25.3 Å². The van der Waals surface area contributed by atoms with Crippen LogP contribution in [0, 0.1) is 5.92 Å². The Kier molecular flexibility index (Phi) is 4.78. The van der Waals surface area contributed by atoms with Crippen LogP contribution in [0.15, 0.2) is 42.5 Å². The molecule has 0 saturated heterocycles. The minimum absolute atomic E-state index is 0.00828. The molecule has 1 N–H and O–H groups in total. The van der Waals surface area contributed by atoms with Gasteiger partial charge < -0.3 is 10.1 Å². The van der Waals surface area contributed by atoms with E-state index < -0.39 is 5.41 Å². The van der Waals surface area contributed by atoms with Crippen LogP contribution in [0.1, 0.15) is 25.3 Å². The average Bonchev–Trinajstić information content (AvgIpc) is 3.06. The van der Waals surface area contributed by atoms with Crippen molar-refractivity contribution in [3.8, 4) is 0 Å². The number of methoxy groups -OCH3 is 1. The molecule has 21 heavy (non-hydrogen) atoms. The number of rotatable bonds is 5. The largest absolute Gasteiger partial charge is 0.468 e. The van der Waals surface area contributed by atoms with E-state index in [0.717, 1.165) is 18.4 Å². The maximum atomic E-state index is 12.2. The topological polar surface area (TPSA) is 55.4 Å². The lowest BCUT2D eigenvalue weighted by molar-refractivity contribution is -0.147. The molecule has 0 radical (unpaired) electrons. The number of hydrogen-bond acceptors (Lipinski definition) is 3. The van der Waals surface area contributed by atoms with E-state index in [1.54, 1.807) is 6.92 Å². The maximum absolute atomic E-state index is 12.2. The third-order valence-corrected chi connectivity index (χ3v) is 4.04. The number of esters is 1. The summed E-state index contributed by atoms with van der Waals surface area (Å²) >= 11 is 0. The molecule has 0 fully saturated rings. The van der Waals surface area contributed by atoms with Gasteiger partial charge in [-0.3, -0.25) is 9.59 Å². The highest BCUT2D eigenvalue weighted by atomic mass is 16.5. The minimum atomic E-state index is -0.877. The van der Waals surface area contributed by atoms with E-state index in [1.165, 1.54) is 7.11 Å². The van der Waals surface area contributed by atoms with E-state index >= 15 is 0 Å². The van der Waals surface area contributed by atoms with E-state index in [2.05, 4.69) is 5.32 Å². The maximum Gasteiger partial charge on any atom is 0.317 e. The molecule has 1 amide bonds. The Morgan fingerprint density at radius 1 is 1.24 bits per heavy atom. The zero-order valence-corrected chi connectivity index (χ0v) is 12.5. The van der Waals surface area contributed by atoms with Crippen molar-refractivity contribution in [1.82, 2.24) is 5.32 Å². The number of amides is 1. The lowest BCUT2D eigenvalue weighted by atomic mass is 9.82. The summed E-state index contributed by atoms with van der Waals surface area (Å²) in [7, 11) is 1.37. The van der Waals surface area contributed by atoms with E-state index in [4.69, 9.17) is 4.74 Å². The van der Waals surface area contributed by atoms with Gasteiger partial charge in [0.1, 0.15) is 5.41 Å². The Balaban J connectivity index is 2.10. The predicted octanol–water partition coefficient (Wildman–Crippen LogP) is 2.20. The second-order valence-electron chi connectivity index (χ2n) is 5.55. The van der Waals surface area contributed by atoms with Crippen molar-refractivity contribution in [3.05, 3.63) is 48.0 Å². The van der Waals surface area contributed by atoms with Gasteiger partial charge in [-0.25, -0.2) is 0 Å². The molecule has 4 nitrogen and oxygen atoms in total. The normalized spacial score (nSPS) is 17.2. The lowest BCUT2D eigenvalue weighted by Gasteiger charge is -2.28. The highest BCUT2D eigenvalue weighted by Crippen LogP contribution is 2.25. The van der Waals surface area contributed by atoms with Crippen LogP contribution < -0.4 is 5.32 Å².